The van der Waals surface area contributed by atoms with E-state index in [0.717, 1.165) is 38.5 Å². The van der Waals surface area contributed by atoms with Gasteiger partial charge in [0.15, 0.2) is 0 Å². The molecule has 5 heteroatoms. The quantitative estimate of drug-likeness (QED) is 0.652. The first-order valence-electron chi connectivity index (χ1n) is 6.78. The molecule has 3 fully saturated rings. The Balaban J connectivity index is 1.40. The average molecular weight is 238 g/mol. The third kappa shape index (κ3) is 2.61. The zero-order chi connectivity index (χ0) is 11.7. The summed E-state index contributed by atoms with van der Waals surface area (Å²) in [7, 11) is 0. The van der Waals surface area contributed by atoms with Crippen molar-refractivity contribution in [3.63, 3.8) is 0 Å². The van der Waals surface area contributed by atoms with Gasteiger partial charge in [-0.3, -0.25) is 14.6 Å². The van der Waals surface area contributed by atoms with Gasteiger partial charge in [0.25, 0.3) is 0 Å². The molecule has 2 N–H and O–H groups in total. The molecule has 0 saturated carbocycles. The Morgan fingerprint density at radius 1 is 1.18 bits per heavy atom. The van der Waals surface area contributed by atoms with Crippen LogP contribution in [0.1, 0.15) is 12.8 Å². The van der Waals surface area contributed by atoms with E-state index < -0.39 is 0 Å². The summed E-state index contributed by atoms with van der Waals surface area (Å²) in [6.45, 7) is 8.06. The number of hydrogen-bond donors (Lipinski definition) is 2. The van der Waals surface area contributed by atoms with Gasteiger partial charge in [-0.1, -0.05) is 0 Å². The molecule has 0 aliphatic carbocycles. The van der Waals surface area contributed by atoms with Gasteiger partial charge >= 0.3 is 0 Å². The van der Waals surface area contributed by atoms with E-state index >= 15 is 0 Å². The Bertz CT molecular complexity index is 284. The summed E-state index contributed by atoms with van der Waals surface area (Å²) in [6.07, 6.45) is 1.74. The fourth-order valence-corrected chi connectivity index (χ4v) is 2.97. The highest BCUT2D eigenvalue weighted by molar-refractivity contribution is 5.78. The van der Waals surface area contributed by atoms with Crippen molar-refractivity contribution in [3.8, 4) is 0 Å². The zero-order valence-electron chi connectivity index (χ0n) is 10.3. The van der Waals surface area contributed by atoms with Crippen LogP contribution in [0.25, 0.3) is 0 Å². The number of hydrogen-bond acceptors (Lipinski definition) is 4. The Hall–Kier alpha value is -0.650. The molecule has 3 heterocycles. The summed E-state index contributed by atoms with van der Waals surface area (Å²) in [5, 5.41) is 6.38. The molecule has 0 radical (unpaired) electrons. The van der Waals surface area contributed by atoms with E-state index in [-0.39, 0.29) is 5.91 Å². The number of piperazine rings is 1. The maximum absolute atomic E-state index is 11.1. The van der Waals surface area contributed by atoms with Crippen molar-refractivity contribution in [3.05, 3.63) is 0 Å². The molecule has 1 amide bonds. The predicted molar refractivity (Wildman–Crippen MR) is 65.8 cm³/mol. The van der Waals surface area contributed by atoms with Crippen LogP contribution in [0.4, 0.5) is 0 Å². The molecule has 0 spiro atoms. The number of carbonyl (C=O) groups excluding carboxylic acids is 1. The number of nitrogens with zero attached hydrogens (tertiary/aromatic N) is 2. The Morgan fingerprint density at radius 2 is 1.94 bits per heavy atom. The van der Waals surface area contributed by atoms with E-state index in [0.29, 0.717) is 6.04 Å². The fourth-order valence-electron chi connectivity index (χ4n) is 2.97. The number of rotatable bonds is 3. The van der Waals surface area contributed by atoms with E-state index in [2.05, 4.69) is 20.4 Å². The highest BCUT2D eigenvalue weighted by atomic mass is 16.1. The van der Waals surface area contributed by atoms with Gasteiger partial charge in [0, 0.05) is 64.3 Å². The second-order valence-electron chi connectivity index (χ2n) is 5.45. The van der Waals surface area contributed by atoms with Gasteiger partial charge in [0.05, 0.1) is 0 Å². The first-order valence-corrected chi connectivity index (χ1v) is 6.78. The zero-order valence-corrected chi connectivity index (χ0v) is 10.3. The number of carbonyl (C=O) groups is 1. The lowest BCUT2D eigenvalue weighted by molar-refractivity contribution is -0.119. The van der Waals surface area contributed by atoms with E-state index in [1.807, 2.05) is 0 Å². The van der Waals surface area contributed by atoms with Gasteiger partial charge in [-0.05, 0) is 6.42 Å². The molecule has 5 nitrogen and oxygen atoms in total. The molecule has 0 bridgehead atoms. The van der Waals surface area contributed by atoms with Crippen LogP contribution in [0.3, 0.4) is 0 Å². The monoisotopic (exact) mass is 238 g/mol. The summed E-state index contributed by atoms with van der Waals surface area (Å²) in [6, 6.07) is 1.18. The SMILES string of the molecule is O=C1CCC(CN2CCN(C3CNC3)CC2)N1. The van der Waals surface area contributed by atoms with E-state index in [1.165, 1.54) is 26.2 Å². The van der Waals surface area contributed by atoms with Crippen molar-refractivity contribution in [2.24, 2.45) is 0 Å². The standard InChI is InChI=1S/C12H22N4O/c17-12-2-1-10(14-12)9-15-3-5-16(6-4-15)11-7-13-8-11/h10-11,13H,1-9H2,(H,14,17). The molecular formula is C12H22N4O. The Morgan fingerprint density at radius 3 is 2.47 bits per heavy atom. The summed E-state index contributed by atoms with van der Waals surface area (Å²) in [5.74, 6) is 0.231. The fraction of sp³-hybridized carbons (Fsp3) is 0.917. The first kappa shape index (κ1) is 11.4. The van der Waals surface area contributed by atoms with E-state index in [4.69, 9.17) is 0 Å². The summed E-state index contributed by atoms with van der Waals surface area (Å²) in [5.41, 5.74) is 0. The van der Waals surface area contributed by atoms with Gasteiger partial charge in [0.1, 0.15) is 0 Å². The highest BCUT2D eigenvalue weighted by Gasteiger charge is 2.29. The molecule has 3 aliphatic heterocycles. The lowest BCUT2D eigenvalue weighted by atomic mass is 10.1. The second kappa shape index (κ2) is 4.92. The van der Waals surface area contributed by atoms with Crippen molar-refractivity contribution < 1.29 is 4.79 Å². The summed E-state index contributed by atoms with van der Waals surface area (Å²) >= 11 is 0. The first-order chi connectivity index (χ1) is 8.31. The van der Waals surface area contributed by atoms with Crippen LogP contribution in [-0.2, 0) is 4.79 Å². The summed E-state index contributed by atoms with van der Waals surface area (Å²) in [4.78, 5) is 16.2. The minimum atomic E-state index is 0.231. The highest BCUT2D eigenvalue weighted by Crippen LogP contribution is 2.12. The predicted octanol–water partition coefficient (Wildman–Crippen LogP) is -1.15. The third-order valence-electron chi connectivity index (χ3n) is 4.25. The summed E-state index contributed by atoms with van der Waals surface area (Å²) < 4.78 is 0. The van der Waals surface area contributed by atoms with Crippen LogP contribution in [0.5, 0.6) is 0 Å². The molecule has 96 valence electrons. The molecule has 1 unspecified atom stereocenters. The van der Waals surface area contributed by atoms with Crippen molar-refractivity contribution in [2.45, 2.75) is 24.9 Å². The topological polar surface area (TPSA) is 47.6 Å². The Labute approximate surface area is 103 Å². The lowest BCUT2D eigenvalue weighted by Gasteiger charge is -2.43. The molecule has 1 atom stereocenters. The van der Waals surface area contributed by atoms with Gasteiger partial charge < -0.3 is 10.6 Å². The van der Waals surface area contributed by atoms with Crippen molar-refractivity contribution >= 4 is 5.91 Å². The van der Waals surface area contributed by atoms with Gasteiger partial charge in [-0.25, -0.2) is 0 Å². The maximum Gasteiger partial charge on any atom is 0.220 e. The third-order valence-corrected chi connectivity index (χ3v) is 4.25. The van der Waals surface area contributed by atoms with E-state index in [1.54, 1.807) is 0 Å². The van der Waals surface area contributed by atoms with Crippen LogP contribution in [0.15, 0.2) is 0 Å². The lowest BCUT2D eigenvalue weighted by Crippen LogP contribution is -2.62. The van der Waals surface area contributed by atoms with Crippen LogP contribution < -0.4 is 10.6 Å². The van der Waals surface area contributed by atoms with Gasteiger partial charge in [-0.15, -0.1) is 0 Å². The van der Waals surface area contributed by atoms with Crippen molar-refractivity contribution in [1.82, 2.24) is 20.4 Å². The normalized spacial score (nSPS) is 32.5. The molecule has 0 aromatic carbocycles. The van der Waals surface area contributed by atoms with Crippen LogP contribution in [0, 0.1) is 0 Å². The maximum atomic E-state index is 11.1. The van der Waals surface area contributed by atoms with Gasteiger partial charge in [0.2, 0.25) is 5.91 Å². The molecule has 3 rings (SSSR count). The van der Waals surface area contributed by atoms with Crippen LogP contribution >= 0.6 is 0 Å². The Kier molecular flexibility index (Phi) is 3.31. The van der Waals surface area contributed by atoms with Crippen LogP contribution in [-0.4, -0.2) is 73.6 Å². The molecule has 3 aliphatic rings. The molecule has 0 aromatic rings. The van der Waals surface area contributed by atoms with Crippen molar-refractivity contribution in [2.75, 3.05) is 45.8 Å². The van der Waals surface area contributed by atoms with Crippen LogP contribution in [0.2, 0.25) is 0 Å². The molecule has 17 heavy (non-hydrogen) atoms. The number of nitrogens with one attached hydrogen (secondary N) is 2. The minimum absolute atomic E-state index is 0.231. The second-order valence-corrected chi connectivity index (χ2v) is 5.45. The molecular weight excluding hydrogens is 216 g/mol. The molecule has 3 saturated heterocycles. The smallest absolute Gasteiger partial charge is 0.220 e. The minimum Gasteiger partial charge on any atom is -0.352 e. The number of amides is 1. The average Bonchev–Trinajstić information content (AvgIpc) is 2.64. The van der Waals surface area contributed by atoms with Crippen molar-refractivity contribution in [1.29, 1.82) is 0 Å². The molecule has 0 aromatic heterocycles. The van der Waals surface area contributed by atoms with E-state index in [9.17, 15) is 4.79 Å². The largest absolute Gasteiger partial charge is 0.352 e. The van der Waals surface area contributed by atoms with Gasteiger partial charge in [-0.2, -0.15) is 0 Å².